The molecule has 4 heteroatoms. The van der Waals surface area contributed by atoms with Crippen molar-refractivity contribution < 1.29 is 9.90 Å². The van der Waals surface area contributed by atoms with Gasteiger partial charge in [0.25, 0.3) is 0 Å². The summed E-state index contributed by atoms with van der Waals surface area (Å²) < 4.78 is 0. The van der Waals surface area contributed by atoms with E-state index in [0.29, 0.717) is 5.69 Å². The third-order valence-electron chi connectivity index (χ3n) is 2.35. The van der Waals surface area contributed by atoms with Gasteiger partial charge in [-0.3, -0.25) is 0 Å². The topological polar surface area (TPSA) is 50.2 Å². The number of carboxylic acids is 1. The first-order chi connectivity index (χ1) is 8.22. The van der Waals surface area contributed by atoms with E-state index in [2.05, 4.69) is 4.98 Å². The van der Waals surface area contributed by atoms with E-state index >= 15 is 0 Å². The molecule has 0 aliphatic carbocycles. The molecule has 0 aliphatic heterocycles. The fourth-order valence-electron chi connectivity index (χ4n) is 1.56. The van der Waals surface area contributed by atoms with Crippen LogP contribution in [-0.4, -0.2) is 22.3 Å². The highest BCUT2D eigenvalue weighted by Crippen LogP contribution is 2.28. The minimum atomic E-state index is -1.01. The number of carbonyl (C=O) groups is 1. The van der Waals surface area contributed by atoms with E-state index < -0.39 is 5.97 Å². The molecular formula is C13H11NO2S. The van der Waals surface area contributed by atoms with Crippen LogP contribution < -0.4 is 0 Å². The number of hydrogen-bond acceptors (Lipinski definition) is 3. The first-order valence-electron chi connectivity index (χ1n) is 5.06. The van der Waals surface area contributed by atoms with Crippen molar-refractivity contribution in [1.82, 2.24) is 4.98 Å². The maximum absolute atomic E-state index is 10.9. The number of pyridine rings is 1. The molecule has 0 aliphatic rings. The molecule has 0 bridgehead atoms. The third kappa shape index (κ3) is 2.47. The molecule has 17 heavy (non-hydrogen) atoms. The Balaban J connectivity index is 2.52. The summed E-state index contributed by atoms with van der Waals surface area (Å²) in [6, 6.07) is 12.8. The first-order valence-corrected chi connectivity index (χ1v) is 6.28. The highest BCUT2D eigenvalue weighted by molar-refractivity contribution is 7.98. The van der Waals surface area contributed by atoms with Gasteiger partial charge in [0.1, 0.15) is 5.69 Å². The molecule has 0 amide bonds. The number of benzene rings is 1. The highest BCUT2D eigenvalue weighted by atomic mass is 32.2. The highest BCUT2D eigenvalue weighted by Gasteiger charge is 2.08. The molecule has 86 valence electrons. The lowest BCUT2D eigenvalue weighted by Gasteiger charge is -2.06. The molecule has 0 atom stereocenters. The van der Waals surface area contributed by atoms with Crippen molar-refractivity contribution in [3.63, 3.8) is 0 Å². The molecule has 1 N–H and O–H groups in total. The second kappa shape index (κ2) is 5.01. The van der Waals surface area contributed by atoms with Gasteiger partial charge in [-0.1, -0.05) is 24.3 Å². The standard InChI is InChI=1S/C13H11NO2S/c1-17-12-8-3-2-5-9(12)10-6-4-7-11(14-10)13(15)16/h2-8H,1H3,(H,15,16). The average Bonchev–Trinajstić information content (AvgIpc) is 2.39. The van der Waals surface area contributed by atoms with Gasteiger partial charge in [-0.05, 0) is 24.5 Å². The second-order valence-electron chi connectivity index (χ2n) is 3.41. The fourth-order valence-corrected chi connectivity index (χ4v) is 2.17. The minimum Gasteiger partial charge on any atom is -0.477 e. The molecule has 0 unspecified atom stereocenters. The van der Waals surface area contributed by atoms with E-state index in [1.807, 2.05) is 36.6 Å². The zero-order valence-electron chi connectivity index (χ0n) is 9.25. The number of aromatic nitrogens is 1. The van der Waals surface area contributed by atoms with Crippen LogP contribution in [0.3, 0.4) is 0 Å². The Labute approximate surface area is 104 Å². The zero-order valence-corrected chi connectivity index (χ0v) is 10.1. The van der Waals surface area contributed by atoms with E-state index in [9.17, 15) is 4.79 Å². The lowest BCUT2D eigenvalue weighted by Crippen LogP contribution is -2.00. The molecule has 2 rings (SSSR count). The second-order valence-corrected chi connectivity index (χ2v) is 4.26. The van der Waals surface area contributed by atoms with E-state index in [1.54, 1.807) is 17.8 Å². The largest absolute Gasteiger partial charge is 0.477 e. The molecule has 3 nitrogen and oxygen atoms in total. The van der Waals surface area contributed by atoms with Crippen molar-refractivity contribution in [2.45, 2.75) is 4.90 Å². The van der Waals surface area contributed by atoms with Crippen LogP contribution in [0.5, 0.6) is 0 Å². The smallest absolute Gasteiger partial charge is 0.354 e. The molecule has 0 saturated heterocycles. The number of aromatic carboxylic acids is 1. The normalized spacial score (nSPS) is 10.2. The van der Waals surface area contributed by atoms with Gasteiger partial charge >= 0.3 is 5.97 Å². The lowest BCUT2D eigenvalue weighted by atomic mass is 10.1. The summed E-state index contributed by atoms with van der Waals surface area (Å²) in [5.41, 5.74) is 1.72. The number of hydrogen-bond donors (Lipinski definition) is 1. The Kier molecular flexibility index (Phi) is 3.44. The number of carboxylic acid groups (broad SMARTS) is 1. The molecule has 0 spiro atoms. The van der Waals surface area contributed by atoms with Gasteiger partial charge in [0.05, 0.1) is 5.69 Å². The average molecular weight is 245 g/mol. The number of nitrogens with zero attached hydrogens (tertiary/aromatic N) is 1. The predicted molar refractivity (Wildman–Crippen MR) is 68.4 cm³/mol. The van der Waals surface area contributed by atoms with Crippen molar-refractivity contribution in [2.75, 3.05) is 6.26 Å². The summed E-state index contributed by atoms with van der Waals surface area (Å²) in [7, 11) is 0. The molecule has 1 aromatic carbocycles. The Hall–Kier alpha value is -1.81. The maximum atomic E-state index is 10.9. The lowest BCUT2D eigenvalue weighted by molar-refractivity contribution is 0.0690. The van der Waals surface area contributed by atoms with Gasteiger partial charge in [0.2, 0.25) is 0 Å². The van der Waals surface area contributed by atoms with Crippen LogP contribution in [0.4, 0.5) is 0 Å². The summed E-state index contributed by atoms with van der Waals surface area (Å²) in [5, 5.41) is 8.91. The zero-order chi connectivity index (χ0) is 12.3. The summed E-state index contributed by atoms with van der Waals surface area (Å²) in [4.78, 5) is 16.1. The van der Waals surface area contributed by atoms with Crippen LogP contribution in [-0.2, 0) is 0 Å². The van der Waals surface area contributed by atoms with E-state index in [4.69, 9.17) is 5.11 Å². The van der Waals surface area contributed by atoms with Gasteiger partial charge in [0, 0.05) is 10.5 Å². The van der Waals surface area contributed by atoms with Crippen LogP contribution in [0.15, 0.2) is 47.4 Å². The van der Waals surface area contributed by atoms with Crippen LogP contribution in [0.25, 0.3) is 11.3 Å². The molecule has 1 aromatic heterocycles. The fraction of sp³-hybridized carbons (Fsp3) is 0.0769. The van der Waals surface area contributed by atoms with Crippen molar-refractivity contribution in [1.29, 1.82) is 0 Å². The van der Waals surface area contributed by atoms with Crippen LogP contribution in [0.1, 0.15) is 10.5 Å². The SMILES string of the molecule is CSc1ccccc1-c1cccc(C(=O)O)n1. The Bertz CT molecular complexity index is 555. The number of rotatable bonds is 3. The van der Waals surface area contributed by atoms with Crippen molar-refractivity contribution in [3.8, 4) is 11.3 Å². The van der Waals surface area contributed by atoms with Gasteiger partial charge in [-0.2, -0.15) is 0 Å². The van der Waals surface area contributed by atoms with Gasteiger partial charge in [-0.25, -0.2) is 9.78 Å². The third-order valence-corrected chi connectivity index (χ3v) is 3.15. The first kappa shape index (κ1) is 11.7. The van der Waals surface area contributed by atoms with Gasteiger partial charge < -0.3 is 5.11 Å². The van der Waals surface area contributed by atoms with Crippen LogP contribution >= 0.6 is 11.8 Å². The predicted octanol–water partition coefficient (Wildman–Crippen LogP) is 3.17. The van der Waals surface area contributed by atoms with Crippen molar-refractivity contribution >= 4 is 17.7 Å². The number of thioether (sulfide) groups is 1. The van der Waals surface area contributed by atoms with E-state index in [0.717, 1.165) is 10.5 Å². The molecule has 0 radical (unpaired) electrons. The van der Waals surface area contributed by atoms with E-state index in [-0.39, 0.29) is 5.69 Å². The quantitative estimate of drug-likeness (QED) is 0.844. The monoisotopic (exact) mass is 245 g/mol. The maximum Gasteiger partial charge on any atom is 0.354 e. The molecule has 0 saturated carbocycles. The summed E-state index contributed by atoms with van der Waals surface area (Å²) in [6.07, 6.45) is 1.99. The molecule has 2 aromatic rings. The molecule has 0 fully saturated rings. The summed E-state index contributed by atoms with van der Waals surface area (Å²) in [5.74, 6) is -1.01. The van der Waals surface area contributed by atoms with Crippen molar-refractivity contribution in [2.24, 2.45) is 0 Å². The molecule has 1 heterocycles. The van der Waals surface area contributed by atoms with E-state index in [1.165, 1.54) is 6.07 Å². The summed E-state index contributed by atoms with van der Waals surface area (Å²) >= 11 is 1.62. The van der Waals surface area contributed by atoms with Crippen molar-refractivity contribution in [3.05, 3.63) is 48.2 Å². The minimum absolute atomic E-state index is 0.0680. The van der Waals surface area contributed by atoms with Crippen LogP contribution in [0, 0.1) is 0 Å². The molecular weight excluding hydrogens is 234 g/mol. The summed E-state index contributed by atoms with van der Waals surface area (Å²) in [6.45, 7) is 0. The Morgan fingerprint density at radius 3 is 2.65 bits per heavy atom. The Morgan fingerprint density at radius 1 is 1.18 bits per heavy atom. The van der Waals surface area contributed by atoms with Crippen LogP contribution in [0.2, 0.25) is 0 Å². The van der Waals surface area contributed by atoms with Gasteiger partial charge in [-0.15, -0.1) is 11.8 Å². The van der Waals surface area contributed by atoms with Gasteiger partial charge in [0.15, 0.2) is 0 Å². The Morgan fingerprint density at radius 2 is 1.94 bits per heavy atom.